The van der Waals surface area contributed by atoms with Gasteiger partial charge in [-0.3, -0.25) is 9.36 Å². The van der Waals surface area contributed by atoms with Gasteiger partial charge in [-0.2, -0.15) is 0 Å². The van der Waals surface area contributed by atoms with E-state index in [9.17, 15) is 19.5 Å². The highest BCUT2D eigenvalue weighted by molar-refractivity contribution is 5.97. The lowest BCUT2D eigenvalue weighted by atomic mass is 9.96. The molecule has 2 fully saturated rings. The summed E-state index contributed by atoms with van der Waals surface area (Å²) < 4.78 is 28.1. The summed E-state index contributed by atoms with van der Waals surface area (Å²) in [6.07, 6.45) is 2.08. The maximum absolute atomic E-state index is 15.3. The third-order valence-electron chi connectivity index (χ3n) is 7.19. The van der Waals surface area contributed by atoms with Crippen LogP contribution in [0.15, 0.2) is 16.9 Å². The SMILES string of the molecule is C[C@H]1COc2c(N3CC[C@@H](C4(NC(=O)OC(C)(C)C)CC4)C3)cc(F)c3cc(C(=O)O)c(=O)n1c23. The van der Waals surface area contributed by atoms with E-state index in [1.54, 1.807) is 6.92 Å². The van der Waals surface area contributed by atoms with Crippen LogP contribution >= 0.6 is 0 Å². The maximum atomic E-state index is 15.3. The fourth-order valence-corrected chi connectivity index (χ4v) is 5.37. The van der Waals surface area contributed by atoms with Crippen molar-refractivity contribution in [3.63, 3.8) is 0 Å². The fourth-order valence-electron chi connectivity index (χ4n) is 5.37. The monoisotopic (exact) mass is 487 g/mol. The Balaban J connectivity index is 1.48. The van der Waals surface area contributed by atoms with E-state index >= 15 is 4.39 Å². The van der Waals surface area contributed by atoms with Gasteiger partial charge in [-0.05, 0) is 53.0 Å². The van der Waals surface area contributed by atoms with Crippen molar-refractivity contribution in [1.29, 1.82) is 0 Å². The number of nitrogens with zero attached hydrogens (tertiary/aromatic N) is 2. The second-order valence-corrected chi connectivity index (χ2v) is 10.9. The van der Waals surface area contributed by atoms with Gasteiger partial charge in [0.2, 0.25) is 0 Å². The number of aromatic nitrogens is 1. The van der Waals surface area contributed by atoms with Crippen LogP contribution in [0.2, 0.25) is 0 Å². The molecule has 2 aliphatic heterocycles. The van der Waals surface area contributed by atoms with E-state index in [2.05, 4.69) is 5.32 Å². The molecular formula is C25H30FN3O6. The summed E-state index contributed by atoms with van der Waals surface area (Å²) >= 11 is 0. The Morgan fingerprint density at radius 1 is 1.29 bits per heavy atom. The molecule has 0 radical (unpaired) electrons. The summed E-state index contributed by atoms with van der Waals surface area (Å²) in [4.78, 5) is 39.0. The summed E-state index contributed by atoms with van der Waals surface area (Å²) in [5.41, 5.74) is -1.24. The van der Waals surface area contributed by atoms with Crippen molar-refractivity contribution in [3.05, 3.63) is 33.9 Å². The maximum Gasteiger partial charge on any atom is 0.408 e. The molecule has 5 rings (SSSR count). The Hall–Kier alpha value is -3.30. The molecule has 3 aliphatic rings. The summed E-state index contributed by atoms with van der Waals surface area (Å²) in [5.74, 6) is -1.46. The van der Waals surface area contributed by atoms with E-state index in [-0.39, 0.29) is 29.0 Å². The van der Waals surface area contributed by atoms with Crippen LogP contribution in [0.1, 0.15) is 63.4 Å². The van der Waals surface area contributed by atoms with Crippen molar-refractivity contribution in [2.75, 3.05) is 24.6 Å². The van der Waals surface area contributed by atoms with Crippen LogP contribution in [0.5, 0.6) is 5.75 Å². The van der Waals surface area contributed by atoms with Gasteiger partial charge in [-0.15, -0.1) is 0 Å². The normalized spacial score (nSPS) is 22.6. The van der Waals surface area contributed by atoms with Crippen molar-refractivity contribution in [1.82, 2.24) is 9.88 Å². The molecule has 1 saturated heterocycles. The van der Waals surface area contributed by atoms with Gasteiger partial charge in [0, 0.05) is 36.0 Å². The molecule has 1 aromatic carbocycles. The lowest BCUT2D eigenvalue weighted by Gasteiger charge is -2.31. The number of halogens is 1. The third-order valence-corrected chi connectivity index (χ3v) is 7.19. The van der Waals surface area contributed by atoms with E-state index in [0.29, 0.717) is 24.5 Å². The van der Waals surface area contributed by atoms with Crippen LogP contribution < -0.4 is 20.5 Å². The largest absolute Gasteiger partial charge is 0.487 e. The van der Waals surface area contributed by atoms with Gasteiger partial charge in [-0.25, -0.2) is 14.0 Å². The number of pyridine rings is 1. The van der Waals surface area contributed by atoms with Crippen LogP contribution in [0.4, 0.5) is 14.9 Å². The fraction of sp³-hybridized carbons (Fsp3) is 0.560. The van der Waals surface area contributed by atoms with E-state index in [4.69, 9.17) is 9.47 Å². The average Bonchev–Trinajstić information content (AvgIpc) is 3.34. The van der Waals surface area contributed by atoms with Crippen molar-refractivity contribution in [3.8, 4) is 5.75 Å². The molecule has 2 atom stereocenters. The number of carboxylic acid groups (broad SMARTS) is 1. The summed E-state index contributed by atoms with van der Waals surface area (Å²) in [7, 11) is 0. The second-order valence-electron chi connectivity index (χ2n) is 10.9. The van der Waals surface area contributed by atoms with Gasteiger partial charge < -0.3 is 24.8 Å². The first-order valence-corrected chi connectivity index (χ1v) is 11.9. The van der Waals surface area contributed by atoms with Gasteiger partial charge in [0.25, 0.3) is 5.56 Å². The van der Waals surface area contributed by atoms with Gasteiger partial charge in [-0.1, -0.05) is 0 Å². The first-order chi connectivity index (χ1) is 16.4. The molecule has 10 heteroatoms. The predicted molar refractivity (Wildman–Crippen MR) is 127 cm³/mol. The number of rotatable bonds is 4. The van der Waals surface area contributed by atoms with Crippen molar-refractivity contribution in [2.24, 2.45) is 5.92 Å². The predicted octanol–water partition coefficient (Wildman–Crippen LogP) is 3.68. The highest BCUT2D eigenvalue weighted by Crippen LogP contribution is 2.49. The van der Waals surface area contributed by atoms with Crippen molar-refractivity contribution >= 4 is 28.7 Å². The van der Waals surface area contributed by atoms with Gasteiger partial charge in [0.15, 0.2) is 5.75 Å². The van der Waals surface area contributed by atoms with Crippen LogP contribution in [0.3, 0.4) is 0 Å². The van der Waals surface area contributed by atoms with Gasteiger partial charge in [0.05, 0.1) is 17.2 Å². The highest BCUT2D eigenvalue weighted by Gasteiger charge is 2.53. The zero-order valence-electron chi connectivity index (χ0n) is 20.3. The minimum absolute atomic E-state index is 0.0494. The number of benzene rings is 1. The summed E-state index contributed by atoms with van der Waals surface area (Å²) in [6, 6.07) is 2.01. The Morgan fingerprint density at radius 3 is 2.63 bits per heavy atom. The van der Waals surface area contributed by atoms with E-state index < -0.39 is 40.6 Å². The van der Waals surface area contributed by atoms with Crippen molar-refractivity contribution < 1.29 is 28.6 Å². The molecule has 1 aromatic heterocycles. The van der Waals surface area contributed by atoms with Gasteiger partial charge >= 0.3 is 12.1 Å². The quantitative estimate of drug-likeness (QED) is 0.677. The minimum atomic E-state index is -1.39. The van der Waals surface area contributed by atoms with E-state index in [1.165, 1.54) is 10.6 Å². The molecule has 2 aromatic rings. The van der Waals surface area contributed by atoms with Crippen LogP contribution in [0.25, 0.3) is 10.9 Å². The zero-order valence-corrected chi connectivity index (χ0v) is 20.3. The summed E-state index contributed by atoms with van der Waals surface area (Å²) in [5, 5.41) is 12.6. The first-order valence-electron chi connectivity index (χ1n) is 11.9. The van der Waals surface area contributed by atoms with Crippen LogP contribution in [0, 0.1) is 11.7 Å². The average molecular weight is 488 g/mol. The molecule has 1 saturated carbocycles. The molecule has 9 nitrogen and oxygen atoms in total. The van der Waals surface area contributed by atoms with Gasteiger partial charge in [0.1, 0.15) is 23.6 Å². The van der Waals surface area contributed by atoms with E-state index in [1.807, 2.05) is 25.7 Å². The molecule has 2 N–H and O–H groups in total. The lowest BCUT2D eigenvalue weighted by Crippen LogP contribution is -2.45. The molecule has 0 bridgehead atoms. The number of amides is 1. The smallest absolute Gasteiger partial charge is 0.408 e. The molecule has 35 heavy (non-hydrogen) atoms. The number of hydrogen-bond donors (Lipinski definition) is 2. The Bertz CT molecular complexity index is 1290. The molecule has 0 spiro atoms. The Kier molecular flexibility index (Phi) is 5.26. The van der Waals surface area contributed by atoms with E-state index in [0.717, 1.165) is 25.3 Å². The standard InChI is InChI=1S/C25H30FN3O6/c1-13-12-34-20-18(10-17(26)15-9-16(22(31)32)21(30)29(13)19(15)20)28-8-5-14(11-28)25(6-7-25)27-23(33)35-24(2,3)4/h9-10,13-14H,5-8,11-12H2,1-4H3,(H,27,33)(H,31,32)/t13-,14+/m0/s1. The van der Waals surface area contributed by atoms with Crippen LogP contribution in [-0.4, -0.2) is 52.6 Å². The Labute approximate surface area is 201 Å². The summed E-state index contributed by atoms with van der Waals surface area (Å²) in [6.45, 7) is 8.60. The second kappa shape index (κ2) is 7.86. The number of carbonyl (C=O) groups excluding carboxylic acids is 1. The lowest BCUT2D eigenvalue weighted by molar-refractivity contribution is 0.0477. The highest BCUT2D eigenvalue weighted by atomic mass is 19.1. The number of hydrogen-bond acceptors (Lipinski definition) is 6. The van der Waals surface area contributed by atoms with Crippen molar-refractivity contribution in [2.45, 2.75) is 64.1 Å². The first kappa shape index (κ1) is 23.4. The Morgan fingerprint density at radius 2 is 2.00 bits per heavy atom. The topological polar surface area (TPSA) is 110 Å². The number of carboxylic acids is 1. The number of aromatic carboxylic acids is 1. The molecule has 1 aliphatic carbocycles. The number of nitrogens with one attached hydrogen (secondary N) is 1. The zero-order chi connectivity index (χ0) is 25.3. The molecule has 3 heterocycles. The number of anilines is 1. The molecule has 1 amide bonds. The van der Waals surface area contributed by atoms with Crippen LogP contribution in [-0.2, 0) is 4.74 Å². The molecule has 188 valence electrons. The number of carbonyl (C=O) groups is 2. The minimum Gasteiger partial charge on any atom is -0.487 e. The number of ether oxygens (including phenoxy) is 2. The number of alkyl carbamates (subject to hydrolysis) is 1. The molecular weight excluding hydrogens is 457 g/mol. The third kappa shape index (κ3) is 3.98. The molecule has 0 unspecified atom stereocenters.